The first-order valence-corrected chi connectivity index (χ1v) is 8.86. The van der Waals surface area contributed by atoms with Crippen LogP contribution in [0.4, 0.5) is 11.8 Å². The molecule has 1 N–H and O–H groups in total. The van der Waals surface area contributed by atoms with Crippen LogP contribution in [-0.4, -0.2) is 53.5 Å². The minimum absolute atomic E-state index is 0.129. The average molecular weight is 339 g/mol. The van der Waals surface area contributed by atoms with Gasteiger partial charge in [-0.15, -0.1) is 0 Å². The van der Waals surface area contributed by atoms with E-state index in [0.717, 1.165) is 49.1 Å². The number of benzene rings is 1. The predicted molar refractivity (Wildman–Crippen MR) is 101 cm³/mol. The van der Waals surface area contributed by atoms with Gasteiger partial charge in [-0.2, -0.15) is 4.98 Å². The largest absolute Gasteiger partial charge is 0.370 e. The maximum atomic E-state index is 11.5. The minimum atomic E-state index is 0.129. The van der Waals surface area contributed by atoms with Crippen molar-refractivity contribution >= 4 is 17.7 Å². The highest BCUT2D eigenvalue weighted by atomic mass is 16.2. The first-order chi connectivity index (χ1) is 12.2. The number of aromatic nitrogens is 2. The second-order valence-corrected chi connectivity index (χ2v) is 6.22. The van der Waals surface area contributed by atoms with Crippen molar-refractivity contribution in [3.05, 3.63) is 36.4 Å². The van der Waals surface area contributed by atoms with Crippen LogP contribution in [0.25, 0.3) is 11.3 Å². The third-order valence-corrected chi connectivity index (χ3v) is 4.35. The molecule has 0 spiro atoms. The van der Waals surface area contributed by atoms with Crippen molar-refractivity contribution in [3.63, 3.8) is 0 Å². The fourth-order valence-electron chi connectivity index (χ4n) is 2.90. The Bertz CT molecular complexity index is 711. The molecule has 1 fully saturated rings. The molecule has 2 heterocycles. The van der Waals surface area contributed by atoms with Crippen molar-refractivity contribution in [1.82, 2.24) is 14.9 Å². The zero-order valence-electron chi connectivity index (χ0n) is 14.9. The van der Waals surface area contributed by atoms with Crippen LogP contribution in [0.1, 0.15) is 20.3 Å². The maximum Gasteiger partial charge on any atom is 0.227 e. The molecule has 6 heteroatoms. The summed E-state index contributed by atoms with van der Waals surface area (Å²) >= 11 is 0. The third-order valence-electron chi connectivity index (χ3n) is 4.35. The van der Waals surface area contributed by atoms with E-state index in [1.165, 1.54) is 0 Å². The first-order valence-electron chi connectivity index (χ1n) is 8.86. The van der Waals surface area contributed by atoms with E-state index in [2.05, 4.69) is 29.3 Å². The topological polar surface area (TPSA) is 61.4 Å². The number of amides is 1. The van der Waals surface area contributed by atoms with Crippen molar-refractivity contribution in [2.75, 3.05) is 42.9 Å². The molecule has 0 radical (unpaired) electrons. The number of piperazine rings is 1. The number of hydrogen-bond donors (Lipinski definition) is 1. The van der Waals surface area contributed by atoms with Gasteiger partial charge >= 0.3 is 0 Å². The van der Waals surface area contributed by atoms with Gasteiger partial charge in [-0.25, -0.2) is 4.98 Å². The van der Waals surface area contributed by atoms with Crippen LogP contribution in [0.5, 0.6) is 0 Å². The van der Waals surface area contributed by atoms with Gasteiger partial charge in [-0.3, -0.25) is 4.79 Å². The van der Waals surface area contributed by atoms with Crippen LogP contribution >= 0.6 is 0 Å². The maximum absolute atomic E-state index is 11.5. The van der Waals surface area contributed by atoms with E-state index in [0.29, 0.717) is 13.1 Å². The molecule has 0 atom stereocenters. The summed E-state index contributed by atoms with van der Waals surface area (Å²) in [5.74, 6) is 1.70. The lowest BCUT2D eigenvalue weighted by Crippen LogP contribution is -2.48. The molecular weight excluding hydrogens is 314 g/mol. The quantitative estimate of drug-likeness (QED) is 0.907. The molecule has 1 aliphatic heterocycles. The Labute approximate surface area is 148 Å². The summed E-state index contributed by atoms with van der Waals surface area (Å²) in [5.41, 5.74) is 1.99. The number of carbonyl (C=O) groups excluding carboxylic acids is 1. The molecule has 132 valence electrons. The normalized spacial score (nSPS) is 14.5. The molecule has 0 aliphatic carbocycles. The van der Waals surface area contributed by atoms with Crippen molar-refractivity contribution in [1.29, 1.82) is 0 Å². The molecule has 0 saturated carbocycles. The van der Waals surface area contributed by atoms with Crippen LogP contribution in [0.3, 0.4) is 0 Å². The standard InChI is InChI=1S/C19H25N5O/c1-3-9-20-18-14-17(16-7-5-4-6-8-16)21-19(22-18)24-12-10-23(11-13-24)15(2)25/h4-8,14H,3,9-13H2,1-2H3,(H,20,21,22). The van der Waals surface area contributed by atoms with E-state index < -0.39 is 0 Å². The predicted octanol–water partition coefficient (Wildman–Crippen LogP) is 2.63. The second kappa shape index (κ2) is 7.96. The van der Waals surface area contributed by atoms with Crippen LogP contribution in [0.15, 0.2) is 36.4 Å². The van der Waals surface area contributed by atoms with Crippen molar-refractivity contribution in [2.45, 2.75) is 20.3 Å². The number of carbonyl (C=O) groups is 1. The Balaban J connectivity index is 1.86. The summed E-state index contributed by atoms with van der Waals surface area (Å²) in [5, 5.41) is 3.37. The summed E-state index contributed by atoms with van der Waals surface area (Å²) in [6.45, 7) is 7.57. The lowest BCUT2D eigenvalue weighted by molar-refractivity contribution is -0.129. The number of rotatable bonds is 5. The number of hydrogen-bond acceptors (Lipinski definition) is 5. The SMILES string of the molecule is CCCNc1cc(-c2ccccc2)nc(N2CCN(C(C)=O)CC2)n1. The van der Waals surface area contributed by atoms with E-state index in [1.807, 2.05) is 29.2 Å². The third kappa shape index (κ3) is 4.26. The molecule has 1 aromatic carbocycles. The van der Waals surface area contributed by atoms with Crippen molar-refractivity contribution in [2.24, 2.45) is 0 Å². The smallest absolute Gasteiger partial charge is 0.227 e. The Kier molecular flexibility index (Phi) is 5.48. The fraction of sp³-hybridized carbons (Fsp3) is 0.421. The zero-order chi connectivity index (χ0) is 17.6. The van der Waals surface area contributed by atoms with E-state index in [-0.39, 0.29) is 5.91 Å². The molecule has 1 amide bonds. The monoisotopic (exact) mass is 339 g/mol. The average Bonchev–Trinajstić information content (AvgIpc) is 2.67. The number of nitrogens with one attached hydrogen (secondary N) is 1. The summed E-state index contributed by atoms with van der Waals surface area (Å²) in [6.07, 6.45) is 1.04. The van der Waals surface area contributed by atoms with Gasteiger partial charge in [0.05, 0.1) is 5.69 Å². The van der Waals surface area contributed by atoms with Crippen molar-refractivity contribution < 1.29 is 4.79 Å². The van der Waals surface area contributed by atoms with Crippen LogP contribution in [0, 0.1) is 0 Å². The van der Waals surface area contributed by atoms with Gasteiger partial charge in [0.25, 0.3) is 0 Å². The summed E-state index contributed by atoms with van der Waals surface area (Å²) in [6, 6.07) is 12.2. The Morgan fingerprint density at radius 3 is 2.48 bits per heavy atom. The molecular formula is C19H25N5O. The highest BCUT2D eigenvalue weighted by Gasteiger charge is 2.21. The van der Waals surface area contributed by atoms with E-state index in [9.17, 15) is 4.79 Å². The zero-order valence-corrected chi connectivity index (χ0v) is 14.9. The van der Waals surface area contributed by atoms with Gasteiger partial charge in [0, 0.05) is 51.3 Å². The van der Waals surface area contributed by atoms with Gasteiger partial charge < -0.3 is 15.1 Å². The molecule has 0 bridgehead atoms. The molecule has 0 unspecified atom stereocenters. The van der Waals surface area contributed by atoms with Crippen LogP contribution in [-0.2, 0) is 4.79 Å². The van der Waals surface area contributed by atoms with Crippen LogP contribution < -0.4 is 10.2 Å². The van der Waals surface area contributed by atoms with Gasteiger partial charge in [-0.1, -0.05) is 37.3 Å². The summed E-state index contributed by atoms with van der Waals surface area (Å²) in [4.78, 5) is 25.0. The van der Waals surface area contributed by atoms with Crippen LogP contribution in [0.2, 0.25) is 0 Å². The minimum Gasteiger partial charge on any atom is -0.370 e. The lowest BCUT2D eigenvalue weighted by Gasteiger charge is -2.34. The fourth-order valence-corrected chi connectivity index (χ4v) is 2.90. The Morgan fingerprint density at radius 1 is 1.12 bits per heavy atom. The first kappa shape index (κ1) is 17.2. The Hall–Kier alpha value is -2.63. The van der Waals surface area contributed by atoms with Gasteiger partial charge in [0.1, 0.15) is 5.82 Å². The molecule has 1 aromatic heterocycles. The summed E-state index contributed by atoms with van der Waals surface area (Å²) in [7, 11) is 0. The van der Waals surface area contributed by atoms with Crippen molar-refractivity contribution in [3.8, 4) is 11.3 Å². The van der Waals surface area contributed by atoms with E-state index >= 15 is 0 Å². The molecule has 3 rings (SSSR count). The highest BCUT2D eigenvalue weighted by molar-refractivity contribution is 5.73. The molecule has 25 heavy (non-hydrogen) atoms. The Morgan fingerprint density at radius 2 is 1.84 bits per heavy atom. The van der Waals surface area contributed by atoms with E-state index in [4.69, 9.17) is 9.97 Å². The van der Waals surface area contributed by atoms with Gasteiger partial charge in [-0.05, 0) is 6.42 Å². The lowest BCUT2D eigenvalue weighted by atomic mass is 10.1. The number of anilines is 2. The molecule has 2 aromatic rings. The molecule has 1 saturated heterocycles. The van der Waals surface area contributed by atoms with E-state index in [1.54, 1.807) is 6.92 Å². The number of nitrogens with zero attached hydrogens (tertiary/aromatic N) is 4. The summed E-state index contributed by atoms with van der Waals surface area (Å²) < 4.78 is 0. The second-order valence-electron chi connectivity index (χ2n) is 6.22. The molecule has 1 aliphatic rings. The van der Waals surface area contributed by atoms with Gasteiger partial charge in [0.2, 0.25) is 11.9 Å². The molecule has 6 nitrogen and oxygen atoms in total. The van der Waals surface area contributed by atoms with Gasteiger partial charge in [0.15, 0.2) is 0 Å². The highest BCUT2D eigenvalue weighted by Crippen LogP contribution is 2.23.